The predicted octanol–water partition coefficient (Wildman–Crippen LogP) is 3.52. The van der Waals surface area contributed by atoms with E-state index in [4.69, 9.17) is 4.74 Å². The average Bonchev–Trinajstić information content (AvgIpc) is 2.89. The summed E-state index contributed by atoms with van der Waals surface area (Å²) in [6.07, 6.45) is 0.374. The van der Waals surface area contributed by atoms with Crippen LogP contribution in [0.2, 0.25) is 0 Å². The molecule has 4 rings (SSSR count). The summed E-state index contributed by atoms with van der Waals surface area (Å²) in [7, 11) is 1.65. The summed E-state index contributed by atoms with van der Waals surface area (Å²) in [5.41, 5.74) is 2.27. The first kappa shape index (κ1) is 23.3. The third-order valence-electron chi connectivity index (χ3n) is 6.01. The Bertz CT molecular complexity index is 1110. The molecule has 1 saturated heterocycles. The number of methoxy groups -OCH3 is 1. The molecule has 0 aliphatic carbocycles. The van der Waals surface area contributed by atoms with Gasteiger partial charge in [0.1, 0.15) is 17.6 Å². The minimum atomic E-state index is -0.724. The first-order valence-electron chi connectivity index (χ1n) is 11.3. The Morgan fingerprint density at radius 1 is 0.912 bits per heavy atom. The number of anilines is 1. The van der Waals surface area contributed by atoms with E-state index in [2.05, 4.69) is 10.2 Å². The fourth-order valence-electron chi connectivity index (χ4n) is 4.17. The Morgan fingerprint density at radius 2 is 1.56 bits per heavy atom. The van der Waals surface area contributed by atoms with Gasteiger partial charge in [0.2, 0.25) is 5.91 Å². The minimum Gasteiger partial charge on any atom is -0.495 e. The highest BCUT2D eigenvalue weighted by molar-refractivity contribution is 5.97. The molecule has 1 unspecified atom stereocenters. The highest BCUT2D eigenvalue weighted by atomic mass is 19.1. The average molecular weight is 462 g/mol. The molecule has 1 fully saturated rings. The molecule has 6 nitrogen and oxygen atoms in total. The van der Waals surface area contributed by atoms with Crippen LogP contribution in [0.3, 0.4) is 0 Å². The molecule has 0 bridgehead atoms. The Morgan fingerprint density at radius 3 is 2.24 bits per heavy atom. The predicted molar refractivity (Wildman–Crippen MR) is 130 cm³/mol. The fraction of sp³-hybridized carbons (Fsp3) is 0.259. The Labute approximate surface area is 198 Å². The van der Waals surface area contributed by atoms with Crippen molar-refractivity contribution in [3.63, 3.8) is 0 Å². The van der Waals surface area contributed by atoms with Gasteiger partial charge in [0.25, 0.3) is 5.91 Å². The zero-order valence-corrected chi connectivity index (χ0v) is 19.1. The summed E-state index contributed by atoms with van der Waals surface area (Å²) in [4.78, 5) is 30.3. The van der Waals surface area contributed by atoms with Gasteiger partial charge in [-0.3, -0.25) is 9.59 Å². The lowest BCUT2D eigenvalue weighted by Crippen LogP contribution is -2.55. The Kier molecular flexibility index (Phi) is 7.42. The Hall–Kier alpha value is -3.87. The highest BCUT2D eigenvalue weighted by Crippen LogP contribution is 2.28. The summed E-state index contributed by atoms with van der Waals surface area (Å²) in [5.74, 6) is -0.141. The maximum Gasteiger partial charge on any atom is 0.251 e. The molecular formula is C27H28FN3O3. The van der Waals surface area contributed by atoms with E-state index in [9.17, 15) is 14.0 Å². The van der Waals surface area contributed by atoms with Gasteiger partial charge in [0.15, 0.2) is 0 Å². The lowest BCUT2D eigenvalue weighted by molar-refractivity contribution is -0.133. The third kappa shape index (κ3) is 5.54. The van der Waals surface area contributed by atoms with E-state index >= 15 is 0 Å². The molecule has 7 heteroatoms. The molecule has 0 aromatic heterocycles. The summed E-state index contributed by atoms with van der Waals surface area (Å²) >= 11 is 0. The number of carbonyl (C=O) groups is 2. The van der Waals surface area contributed by atoms with Crippen LogP contribution in [0.25, 0.3) is 0 Å². The number of halogens is 1. The molecule has 1 atom stereocenters. The number of hydrogen-bond donors (Lipinski definition) is 1. The van der Waals surface area contributed by atoms with Gasteiger partial charge in [-0.25, -0.2) is 4.39 Å². The molecule has 0 radical (unpaired) electrons. The second-order valence-corrected chi connectivity index (χ2v) is 8.21. The number of para-hydroxylation sites is 2. The van der Waals surface area contributed by atoms with E-state index < -0.39 is 17.8 Å². The zero-order valence-electron chi connectivity index (χ0n) is 19.1. The van der Waals surface area contributed by atoms with E-state index in [1.807, 2.05) is 54.6 Å². The molecule has 3 aromatic rings. The molecule has 0 spiro atoms. The van der Waals surface area contributed by atoms with Crippen molar-refractivity contribution in [3.8, 4) is 5.75 Å². The largest absolute Gasteiger partial charge is 0.495 e. The second-order valence-electron chi connectivity index (χ2n) is 8.21. The standard InChI is InChI=1S/C27H28FN3O3/c1-34-25-10-6-5-9-24(25)30-15-17-31(18-16-30)27(33)23(19-20-7-3-2-4-8-20)29-26(32)21-11-13-22(28)14-12-21/h2-14,23H,15-19H2,1H3,(H,29,32). The molecule has 2 amide bonds. The maximum absolute atomic E-state index is 13.5. The van der Waals surface area contributed by atoms with Gasteiger partial charge in [0.05, 0.1) is 12.8 Å². The van der Waals surface area contributed by atoms with E-state index in [0.29, 0.717) is 38.2 Å². The van der Waals surface area contributed by atoms with E-state index in [1.165, 1.54) is 24.3 Å². The van der Waals surface area contributed by atoms with Crippen molar-refractivity contribution < 1.29 is 18.7 Å². The van der Waals surface area contributed by atoms with Crippen molar-refractivity contribution >= 4 is 17.5 Å². The minimum absolute atomic E-state index is 0.126. The van der Waals surface area contributed by atoms with Crippen molar-refractivity contribution in [2.24, 2.45) is 0 Å². The summed E-state index contributed by atoms with van der Waals surface area (Å²) in [5, 5.41) is 2.87. The van der Waals surface area contributed by atoms with Gasteiger partial charge >= 0.3 is 0 Å². The number of amides is 2. The molecule has 1 N–H and O–H groups in total. The van der Waals surface area contributed by atoms with Crippen LogP contribution in [0.4, 0.5) is 10.1 Å². The third-order valence-corrected chi connectivity index (χ3v) is 6.01. The van der Waals surface area contributed by atoms with Gasteiger partial charge < -0.3 is 19.9 Å². The van der Waals surface area contributed by atoms with Gasteiger partial charge in [-0.05, 0) is 42.0 Å². The Balaban J connectivity index is 1.46. The molecule has 0 saturated carbocycles. The molecule has 176 valence electrons. The van der Waals surface area contributed by atoms with Crippen LogP contribution in [0, 0.1) is 5.82 Å². The van der Waals surface area contributed by atoms with Crippen molar-refractivity contribution in [1.82, 2.24) is 10.2 Å². The molecule has 3 aromatic carbocycles. The zero-order chi connectivity index (χ0) is 23.9. The summed E-state index contributed by atoms with van der Waals surface area (Å²) in [6.45, 7) is 2.40. The summed E-state index contributed by atoms with van der Waals surface area (Å²) < 4.78 is 18.7. The van der Waals surface area contributed by atoms with Crippen LogP contribution in [-0.4, -0.2) is 56.0 Å². The number of rotatable bonds is 7. The number of nitrogens with one attached hydrogen (secondary N) is 1. The number of benzene rings is 3. The quantitative estimate of drug-likeness (QED) is 0.585. The molecule has 34 heavy (non-hydrogen) atoms. The normalized spacial score (nSPS) is 14.4. The van der Waals surface area contributed by atoms with Gasteiger partial charge in [-0.1, -0.05) is 42.5 Å². The first-order chi connectivity index (χ1) is 16.5. The van der Waals surface area contributed by atoms with Crippen LogP contribution in [0.15, 0.2) is 78.9 Å². The van der Waals surface area contributed by atoms with Crippen LogP contribution in [0.1, 0.15) is 15.9 Å². The lowest BCUT2D eigenvalue weighted by atomic mass is 10.0. The number of carbonyl (C=O) groups excluding carboxylic acids is 2. The van der Waals surface area contributed by atoms with Crippen LogP contribution < -0.4 is 15.0 Å². The van der Waals surface area contributed by atoms with E-state index in [0.717, 1.165) is 17.0 Å². The van der Waals surface area contributed by atoms with Crippen LogP contribution >= 0.6 is 0 Å². The second kappa shape index (κ2) is 10.8. The first-order valence-corrected chi connectivity index (χ1v) is 11.3. The smallest absolute Gasteiger partial charge is 0.251 e. The SMILES string of the molecule is COc1ccccc1N1CCN(C(=O)C(Cc2ccccc2)NC(=O)c2ccc(F)cc2)CC1. The molecule has 1 aliphatic rings. The van der Waals surface area contributed by atoms with Crippen molar-refractivity contribution in [2.45, 2.75) is 12.5 Å². The molecule has 1 heterocycles. The lowest BCUT2D eigenvalue weighted by Gasteiger charge is -2.38. The van der Waals surface area contributed by atoms with Crippen molar-refractivity contribution in [2.75, 3.05) is 38.2 Å². The van der Waals surface area contributed by atoms with Gasteiger partial charge in [-0.2, -0.15) is 0 Å². The van der Waals surface area contributed by atoms with Crippen molar-refractivity contribution in [1.29, 1.82) is 0 Å². The molecular weight excluding hydrogens is 433 g/mol. The van der Waals surface area contributed by atoms with Gasteiger partial charge in [-0.15, -0.1) is 0 Å². The van der Waals surface area contributed by atoms with E-state index in [-0.39, 0.29) is 5.91 Å². The maximum atomic E-state index is 13.5. The number of hydrogen-bond acceptors (Lipinski definition) is 4. The fourth-order valence-corrected chi connectivity index (χ4v) is 4.17. The monoisotopic (exact) mass is 461 g/mol. The number of nitrogens with zero attached hydrogens (tertiary/aromatic N) is 2. The molecule has 1 aliphatic heterocycles. The van der Waals surface area contributed by atoms with Gasteiger partial charge in [0, 0.05) is 38.2 Å². The highest BCUT2D eigenvalue weighted by Gasteiger charge is 2.29. The van der Waals surface area contributed by atoms with Crippen LogP contribution in [-0.2, 0) is 11.2 Å². The van der Waals surface area contributed by atoms with Crippen molar-refractivity contribution in [3.05, 3.63) is 95.8 Å². The van der Waals surface area contributed by atoms with E-state index in [1.54, 1.807) is 12.0 Å². The van der Waals surface area contributed by atoms with Crippen LogP contribution in [0.5, 0.6) is 5.75 Å². The number of ether oxygens (including phenoxy) is 1. The topological polar surface area (TPSA) is 61.9 Å². The number of piperazine rings is 1. The summed E-state index contributed by atoms with van der Waals surface area (Å²) in [6, 6.07) is 22.0.